The number of amides is 2. The van der Waals surface area contributed by atoms with Crippen molar-refractivity contribution in [1.29, 1.82) is 0 Å². The number of benzene rings is 1. The first-order valence-corrected chi connectivity index (χ1v) is 8.64. The number of carbonyl (C=O) groups is 2. The molecule has 1 aromatic carbocycles. The first kappa shape index (κ1) is 16.9. The summed E-state index contributed by atoms with van der Waals surface area (Å²) in [4.78, 5) is 23.7. The molecule has 5 N–H and O–H groups in total. The fraction of sp³-hybridized carbons (Fsp3) is 0.556. The van der Waals surface area contributed by atoms with Gasteiger partial charge in [0.2, 0.25) is 5.91 Å². The van der Waals surface area contributed by atoms with Gasteiger partial charge < -0.3 is 21.5 Å². The third kappa shape index (κ3) is 3.76. The van der Waals surface area contributed by atoms with Crippen molar-refractivity contribution in [3.8, 4) is 0 Å². The van der Waals surface area contributed by atoms with Crippen molar-refractivity contribution in [2.45, 2.75) is 37.8 Å². The van der Waals surface area contributed by atoms with E-state index in [0.29, 0.717) is 23.0 Å². The maximum absolute atomic E-state index is 12.6. The molecule has 2 amide bonds. The Hall–Kier alpha value is -1.92. The van der Waals surface area contributed by atoms with E-state index in [4.69, 9.17) is 5.73 Å². The zero-order valence-corrected chi connectivity index (χ0v) is 13.7. The minimum atomic E-state index is -0.502. The lowest BCUT2D eigenvalue weighted by Crippen LogP contribution is -2.52. The van der Waals surface area contributed by atoms with E-state index in [1.807, 2.05) is 0 Å². The van der Waals surface area contributed by atoms with Crippen LogP contribution in [-0.4, -0.2) is 42.2 Å². The molecule has 1 saturated carbocycles. The van der Waals surface area contributed by atoms with Crippen molar-refractivity contribution < 1.29 is 14.7 Å². The number of aliphatic hydroxyl groups is 1. The van der Waals surface area contributed by atoms with E-state index >= 15 is 0 Å². The lowest BCUT2D eigenvalue weighted by molar-refractivity contribution is 0.00919. The van der Waals surface area contributed by atoms with E-state index in [2.05, 4.69) is 10.6 Å². The first-order valence-electron chi connectivity index (χ1n) is 8.64. The molecule has 24 heavy (non-hydrogen) atoms. The van der Waals surface area contributed by atoms with E-state index < -0.39 is 5.91 Å². The van der Waals surface area contributed by atoms with Crippen LogP contribution in [0.25, 0.3) is 0 Å². The van der Waals surface area contributed by atoms with E-state index in [1.54, 1.807) is 24.3 Å². The Labute approximate surface area is 141 Å². The van der Waals surface area contributed by atoms with Crippen LogP contribution in [0.15, 0.2) is 24.3 Å². The molecule has 3 rings (SSSR count). The highest BCUT2D eigenvalue weighted by atomic mass is 16.3. The summed E-state index contributed by atoms with van der Waals surface area (Å²) in [7, 11) is 0. The third-order valence-corrected chi connectivity index (χ3v) is 5.28. The molecule has 1 atom stereocenters. The zero-order valence-electron chi connectivity index (χ0n) is 13.7. The number of nitrogens with two attached hydrogens (primary N) is 1. The van der Waals surface area contributed by atoms with Crippen LogP contribution >= 0.6 is 0 Å². The van der Waals surface area contributed by atoms with Crippen LogP contribution in [0, 0.1) is 11.8 Å². The molecule has 0 unspecified atom stereocenters. The van der Waals surface area contributed by atoms with Crippen molar-refractivity contribution in [2.75, 3.05) is 13.1 Å². The van der Waals surface area contributed by atoms with Gasteiger partial charge in [-0.3, -0.25) is 9.59 Å². The number of piperidine rings is 1. The molecular weight excluding hydrogens is 306 g/mol. The summed E-state index contributed by atoms with van der Waals surface area (Å²) in [6.07, 6.45) is 3.37. The monoisotopic (exact) mass is 331 g/mol. The van der Waals surface area contributed by atoms with Crippen LogP contribution in [0.3, 0.4) is 0 Å². The van der Waals surface area contributed by atoms with Gasteiger partial charge >= 0.3 is 0 Å². The van der Waals surface area contributed by atoms with Crippen LogP contribution in [0.4, 0.5) is 0 Å². The molecule has 130 valence electrons. The van der Waals surface area contributed by atoms with Gasteiger partial charge in [-0.1, -0.05) is 0 Å². The summed E-state index contributed by atoms with van der Waals surface area (Å²) in [5.41, 5.74) is 6.15. The van der Waals surface area contributed by atoms with Gasteiger partial charge in [0, 0.05) is 17.2 Å². The Bertz CT molecular complexity index is 590. The molecule has 1 saturated heterocycles. The topological polar surface area (TPSA) is 104 Å². The van der Waals surface area contributed by atoms with Crippen LogP contribution in [-0.2, 0) is 0 Å². The Morgan fingerprint density at radius 2 is 1.67 bits per heavy atom. The molecule has 6 nitrogen and oxygen atoms in total. The Kier molecular flexibility index (Phi) is 5.16. The van der Waals surface area contributed by atoms with Crippen molar-refractivity contribution >= 4 is 11.8 Å². The van der Waals surface area contributed by atoms with E-state index in [0.717, 1.165) is 38.8 Å². The lowest BCUT2D eigenvalue weighted by Gasteiger charge is -2.43. The fourth-order valence-electron chi connectivity index (χ4n) is 3.77. The van der Waals surface area contributed by atoms with Crippen molar-refractivity contribution in [2.24, 2.45) is 17.6 Å². The predicted molar refractivity (Wildman–Crippen MR) is 90.5 cm³/mol. The molecule has 1 aliphatic heterocycles. The molecule has 1 heterocycles. The van der Waals surface area contributed by atoms with Crippen LogP contribution in [0.1, 0.15) is 46.4 Å². The summed E-state index contributed by atoms with van der Waals surface area (Å²) < 4.78 is 0. The van der Waals surface area contributed by atoms with Gasteiger partial charge in [0.1, 0.15) is 0 Å². The number of hydrogen-bond donors (Lipinski definition) is 4. The van der Waals surface area contributed by atoms with Crippen molar-refractivity contribution in [3.63, 3.8) is 0 Å². The minimum Gasteiger partial charge on any atom is -0.393 e. The number of aliphatic hydroxyl groups excluding tert-OH is 1. The predicted octanol–water partition coefficient (Wildman–Crippen LogP) is 0.654. The Balaban J connectivity index is 1.68. The van der Waals surface area contributed by atoms with Crippen LogP contribution in [0.2, 0.25) is 0 Å². The summed E-state index contributed by atoms with van der Waals surface area (Å²) >= 11 is 0. The molecule has 0 radical (unpaired) electrons. The van der Waals surface area contributed by atoms with Gasteiger partial charge in [-0.25, -0.2) is 0 Å². The quantitative estimate of drug-likeness (QED) is 0.636. The van der Waals surface area contributed by atoms with E-state index in [1.165, 1.54) is 0 Å². The molecule has 0 bridgehead atoms. The molecular formula is C18H25N3O3. The smallest absolute Gasteiger partial charge is 0.251 e. The number of carbonyl (C=O) groups excluding carboxylic acids is 2. The second-order valence-electron chi connectivity index (χ2n) is 6.91. The average Bonchev–Trinajstić information content (AvgIpc) is 2.58. The maximum atomic E-state index is 12.6. The highest BCUT2D eigenvalue weighted by Gasteiger charge is 2.39. The van der Waals surface area contributed by atoms with Gasteiger partial charge in [0.25, 0.3) is 5.91 Å². The SMILES string of the molecule is NC(=O)c1ccc(C(=O)N[C@@H](C2CCNCC2)C2CC(O)C2)cc1. The molecule has 1 aromatic rings. The third-order valence-electron chi connectivity index (χ3n) is 5.28. The normalized spacial score (nSPS) is 25.5. The average molecular weight is 331 g/mol. The zero-order chi connectivity index (χ0) is 17.1. The summed E-state index contributed by atoms with van der Waals surface area (Å²) in [6.45, 7) is 1.94. The van der Waals surface area contributed by atoms with Crippen LogP contribution < -0.4 is 16.4 Å². The first-order chi connectivity index (χ1) is 11.5. The standard InChI is InChI=1S/C18H25N3O3/c19-17(23)12-1-3-13(4-2-12)18(24)21-16(14-9-15(22)10-14)11-5-7-20-8-6-11/h1-4,11,14-16,20,22H,5-10H2,(H2,19,23)(H,21,24)/t14?,15?,16-/m0/s1. The highest BCUT2D eigenvalue weighted by molar-refractivity contribution is 5.97. The summed E-state index contributed by atoms with van der Waals surface area (Å²) in [5, 5.41) is 16.2. The largest absolute Gasteiger partial charge is 0.393 e. The summed E-state index contributed by atoms with van der Waals surface area (Å²) in [6, 6.07) is 6.50. The molecule has 2 fully saturated rings. The number of primary amides is 1. The molecule has 6 heteroatoms. The van der Waals surface area contributed by atoms with E-state index in [9.17, 15) is 14.7 Å². The molecule has 0 aromatic heterocycles. The van der Waals surface area contributed by atoms with Gasteiger partial charge in [-0.05, 0) is 74.9 Å². The number of nitrogens with one attached hydrogen (secondary N) is 2. The van der Waals surface area contributed by atoms with Gasteiger partial charge in [0.05, 0.1) is 6.10 Å². The molecule has 0 spiro atoms. The van der Waals surface area contributed by atoms with Crippen LogP contribution in [0.5, 0.6) is 0 Å². The lowest BCUT2D eigenvalue weighted by atomic mass is 9.71. The van der Waals surface area contributed by atoms with Gasteiger partial charge in [0.15, 0.2) is 0 Å². The second-order valence-corrected chi connectivity index (χ2v) is 6.91. The number of rotatable bonds is 5. The molecule has 1 aliphatic carbocycles. The second kappa shape index (κ2) is 7.32. The maximum Gasteiger partial charge on any atom is 0.251 e. The van der Waals surface area contributed by atoms with Gasteiger partial charge in [-0.15, -0.1) is 0 Å². The van der Waals surface area contributed by atoms with Crippen molar-refractivity contribution in [1.82, 2.24) is 10.6 Å². The van der Waals surface area contributed by atoms with Crippen molar-refractivity contribution in [3.05, 3.63) is 35.4 Å². The minimum absolute atomic E-state index is 0.0961. The fourth-order valence-corrected chi connectivity index (χ4v) is 3.77. The van der Waals surface area contributed by atoms with E-state index in [-0.39, 0.29) is 18.1 Å². The number of hydrogen-bond acceptors (Lipinski definition) is 4. The Morgan fingerprint density at radius 1 is 1.08 bits per heavy atom. The Morgan fingerprint density at radius 3 is 2.21 bits per heavy atom. The summed E-state index contributed by atoms with van der Waals surface area (Å²) in [5.74, 6) is 0.156. The highest BCUT2D eigenvalue weighted by Crippen LogP contribution is 2.35. The molecule has 2 aliphatic rings. The van der Waals surface area contributed by atoms with Gasteiger partial charge in [-0.2, -0.15) is 0 Å².